The SMILES string of the molecule is CCNC(=O)NC(=O)[C@H](OC(=O)c1c(F)cccc1Cl)c1ccccc1. The van der Waals surface area contributed by atoms with Crippen molar-refractivity contribution in [3.8, 4) is 0 Å². The summed E-state index contributed by atoms with van der Waals surface area (Å²) in [6.07, 6.45) is -1.46. The molecule has 3 amide bonds. The second kappa shape index (κ2) is 8.96. The molecule has 136 valence electrons. The molecular formula is C18H16ClFN2O4. The van der Waals surface area contributed by atoms with E-state index in [-0.39, 0.29) is 5.02 Å². The van der Waals surface area contributed by atoms with Crippen molar-refractivity contribution in [3.63, 3.8) is 0 Å². The number of hydrogen-bond donors (Lipinski definition) is 2. The van der Waals surface area contributed by atoms with Crippen LogP contribution in [0.1, 0.15) is 28.9 Å². The highest BCUT2D eigenvalue weighted by Crippen LogP contribution is 2.24. The first-order chi connectivity index (χ1) is 12.4. The summed E-state index contributed by atoms with van der Waals surface area (Å²) in [6, 6.07) is 11.0. The Hall–Kier alpha value is -2.93. The Balaban J connectivity index is 2.28. The van der Waals surface area contributed by atoms with Gasteiger partial charge < -0.3 is 10.1 Å². The number of ether oxygens (including phenoxy) is 1. The van der Waals surface area contributed by atoms with Gasteiger partial charge in [-0.3, -0.25) is 10.1 Å². The normalized spacial score (nSPS) is 11.3. The Labute approximate surface area is 154 Å². The van der Waals surface area contributed by atoms with E-state index in [0.717, 1.165) is 6.07 Å². The number of hydrogen-bond acceptors (Lipinski definition) is 4. The first-order valence-electron chi connectivity index (χ1n) is 7.72. The molecule has 2 N–H and O–H groups in total. The molecule has 6 nitrogen and oxygen atoms in total. The van der Waals surface area contributed by atoms with Gasteiger partial charge in [-0.15, -0.1) is 0 Å². The molecule has 0 radical (unpaired) electrons. The van der Waals surface area contributed by atoms with Gasteiger partial charge in [0.2, 0.25) is 6.10 Å². The van der Waals surface area contributed by atoms with Crippen LogP contribution in [0.4, 0.5) is 9.18 Å². The molecule has 0 spiro atoms. The van der Waals surface area contributed by atoms with Crippen molar-refractivity contribution in [2.24, 2.45) is 0 Å². The van der Waals surface area contributed by atoms with Crippen LogP contribution < -0.4 is 10.6 Å². The van der Waals surface area contributed by atoms with E-state index < -0.39 is 35.4 Å². The molecule has 0 saturated carbocycles. The number of carbonyl (C=O) groups excluding carboxylic acids is 3. The number of benzene rings is 2. The summed E-state index contributed by atoms with van der Waals surface area (Å²) in [6.45, 7) is 1.98. The lowest BCUT2D eigenvalue weighted by Gasteiger charge is -2.18. The molecule has 1 atom stereocenters. The Morgan fingerprint density at radius 3 is 2.42 bits per heavy atom. The highest BCUT2D eigenvalue weighted by atomic mass is 35.5. The van der Waals surface area contributed by atoms with Crippen LogP contribution in [-0.2, 0) is 9.53 Å². The van der Waals surface area contributed by atoms with Crippen molar-refractivity contribution < 1.29 is 23.5 Å². The fraction of sp³-hybridized carbons (Fsp3) is 0.167. The van der Waals surface area contributed by atoms with Crippen LogP contribution in [0.25, 0.3) is 0 Å². The minimum absolute atomic E-state index is 0.147. The predicted octanol–water partition coefficient (Wildman–Crippen LogP) is 3.22. The summed E-state index contributed by atoms with van der Waals surface area (Å²) >= 11 is 5.85. The van der Waals surface area contributed by atoms with E-state index in [4.69, 9.17) is 16.3 Å². The van der Waals surface area contributed by atoms with Gasteiger partial charge in [-0.1, -0.05) is 48.0 Å². The second-order valence-corrected chi connectivity index (χ2v) is 5.55. The third kappa shape index (κ3) is 4.80. The zero-order chi connectivity index (χ0) is 19.1. The minimum Gasteiger partial charge on any atom is -0.444 e. The predicted molar refractivity (Wildman–Crippen MR) is 93.2 cm³/mol. The number of nitrogens with one attached hydrogen (secondary N) is 2. The van der Waals surface area contributed by atoms with Crippen molar-refractivity contribution in [1.82, 2.24) is 10.6 Å². The number of halogens is 2. The van der Waals surface area contributed by atoms with Gasteiger partial charge >= 0.3 is 12.0 Å². The standard InChI is InChI=1S/C18H16ClFN2O4/c1-2-21-18(25)22-16(23)15(11-7-4-3-5-8-11)26-17(24)14-12(19)9-6-10-13(14)20/h3-10,15H,2H2,1H3,(H2,21,22,23,25)/t15-/m1/s1. The molecule has 0 heterocycles. The quantitative estimate of drug-likeness (QED) is 0.782. The average molecular weight is 379 g/mol. The molecule has 0 fully saturated rings. The van der Waals surface area contributed by atoms with E-state index in [2.05, 4.69) is 10.6 Å². The van der Waals surface area contributed by atoms with Gasteiger partial charge in [0.15, 0.2) is 0 Å². The van der Waals surface area contributed by atoms with Crippen molar-refractivity contribution in [2.45, 2.75) is 13.0 Å². The van der Waals surface area contributed by atoms with Gasteiger partial charge in [-0.05, 0) is 19.1 Å². The van der Waals surface area contributed by atoms with Crippen molar-refractivity contribution >= 4 is 29.5 Å². The molecule has 2 rings (SSSR count). The maximum atomic E-state index is 13.9. The van der Waals surface area contributed by atoms with E-state index in [1.807, 2.05) is 0 Å². The van der Waals surface area contributed by atoms with Crippen LogP contribution in [0.3, 0.4) is 0 Å². The van der Waals surface area contributed by atoms with Crippen LogP contribution in [0.15, 0.2) is 48.5 Å². The molecule has 0 aliphatic rings. The molecule has 0 unspecified atom stereocenters. The highest BCUT2D eigenvalue weighted by molar-refractivity contribution is 6.33. The lowest BCUT2D eigenvalue weighted by molar-refractivity contribution is -0.129. The monoisotopic (exact) mass is 378 g/mol. The van der Waals surface area contributed by atoms with Crippen LogP contribution >= 0.6 is 11.6 Å². The van der Waals surface area contributed by atoms with Crippen molar-refractivity contribution in [1.29, 1.82) is 0 Å². The Morgan fingerprint density at radius 1 is 1.12 bits per heavy atom. The number of rotatable bonds is 5. The second-order valence-electron chi connectivity index (χ2n) is 5.14. The van der Waals surface area contributed by atoms with Crippen LogP contribution in [0.2, 0.25) is 5.02 Å². The van der Waals surface area contributed by atoms with Crippen LogP contribution in [0.5, 0.6) is 0 Å². The Kier molecular flexibility index (Phi) is 6.68. The van der Waals surface area contributed by atoms with Gasteiger partial charge in [0.05, 0.1) is 5.02 Å². The molecule has 8 heteroatoms. The molecule has 2 aromatic rings. The van der Waals surface area contributed by atoms with Gasteiger partial charge in [-0.2, -0.15) is 0 Å². The zero-order valence-electron chi connectivity index (χ0n) is 13.8. The summed E-state index contributed by atoms with van der Waals surface area (Å²) in [4.78, 5) is 36.3. The maximum absolute atomic E-state index is 13.9. The number of amides is 3. The summed E-state index contributed by atoms with van der Waals surface area (Å²) in [5.74, 6) is -2.87. The van der Waals surface area contributed by atoms with E-state index in [1.165, 1.54) is 24.3 Å². The number of carbonyl (C=O) groups is 3. The number of esters is 1. The van der Waals surface area contributed by atoms with E-state index in [0.29, 0.717) is 12.1 Å². The van der Waals surface area contributed by atoms with Crippen molar-refractivity contribution in [2.75, 3.05) is 6.54 Å². The summed E-state index contributed by atoms with van der Waals surface area (Å²) in [5, 5.41) is 4.32. The third-order valence-electron chi connectivity index (χ3n) is 3.31. The lowest BCUT2D eigenvalue weighted by Crippen LogP contribution is -2.42. The summed E-state index contributed by atoms with van der Waals surface area (Å²) < 4.78 is 19.1. The molecular weight excluding hydrogens is 363 g/mol. The molecule has 0 bridgehead atoms. The largest absolute Gasteiger partial charge is 0.444 e. The molecule has 26 heavy (non-hydrogen) atoms. The van der Waals surface area contributed by atoms with Crippen LogP contribution in [-0.4, -0.2) is 24.5 Å². The molecule has 0 aromatic heterocycles. The molecule has 2 aromatic carbocycles. The molecule has 0 aliphatic heterocycles. The Morgan fingerprint density at radius 2 is 1.81 bits per heavy atom. The highest BCUT2D eigenvalue weighted by Gasteiger charge is 2.29. The van der Waals surface area contributed by atoms with Crippen LogP contribution in [0, 0.1) is 5.82 Å². The van der Waals surface area contributed by atoms with Gasteiger partial charge in [0.1, 0.15) is 11.4 Å². The smallest absolute Gasteiger partial charge is 0.343 e. The van der Waals surface area contributed by atoms with Gasteiger partial charge in [-0.25, -0.2) is 14.0 Å². The summed E-state index contributed by atoms with van der Waals surface area (Å²) in [7, 11) is 0. The topological polar surface area (TPSA) is 84.5 Å². The van der Waals surface area contributed by atoms with E-state index in [9.17, 15) is 18.8 Å². The first kappa shape index (κ1) is 19.4. The molecule has 0 saturated heterocycles. The fourth-order valence-electron chi connectivity index (χ4n) is 2.14. The fourth-order valence-corrected chi connectivity index (χ4v) is 2.38. The number of urea groups is 1. The van der Waals surface area contributed by atoms with E-state index >= 15 is 0 Å². The third-order valence-corrected chi connectivity index (χ3v) is 3.62. The number of imide groups is 1. The Bertz CT molecular complexity index is 794. The average Bonchev–Trinajstić information content (AvgIpc) is 2.60. The first-order valence-corrected chi connectivity index (χ1v) is 8.10. The maximum Gasteiger partial charge on any atom is 0.343 e. The van der Waals surface area contributed by atoms with Crippen molar-refractivity contribution in [3.05, 3.63) is 70.5 Å². The van der Waals surface area contributed by atoms with E-state index in [1.54, 1.807) is 25.1 Å². The zero-order valence-corrected chi connectivity index (χ0v) is 14.5. The van der Waals surface area contributed by atoms with Gasteiger partial charge in [0.25, 0.3) is 5.91 Å². The van der Waals surface area contributed by atoms with Gasteiger partial charge in [0, 0.05) is 12.1 Å². The lowest BCUT2D eigenvalue weighted by atomic mass is 10.1. The summed E-state index contributed by atoms with van der Waals surface area (Å²) in [5.41, 5.74) is -0.170. The minimum atomic E-state index is -1.46. The molecule has 0 aliphatic carbocycles.